The molecule has 1 rings (SSSR count). The highest BCUT2D eigenvalue weighted by Crippen LogP contribution is 2.11. The number of carbonyl (C=O) groups excluding carboxylic acids is 1. The molecule has 0 fully saturated rings. The number of benzene rings is 1. The largest absolute Gasteiger partial charge is 0.370 e. The van der Waals surface area contributed by atoms with Crippen molar-refractivity contribution in [3.05, 3.63) is 35.9 Å². The molecule has 15 heavy (non-hydrogen) atoms. The van der Waals surface area contributed by atoms with Crippen LogP contribution in [-0.2, 0) is 4.79 Å². The van der Waals surface area contributed by atoms with Gasteiger partial charge in [-0.25, -0.2) is 5.84 Å². The number of carbonyl (C=O) groups is 1. The van der Waals surface area contributed by atoms with Crippen LogP contribution in [0, 0.1) is 0 Å². The Labute approximate surface area is 88.3 Å². The molecule has 0 radical (unpaired) electrons. The second-order valence-corrected chi connectivity index (χ2v) is 3.21. The highest BCUT2D eigenvalue weighted by atomic mass is 16.3. The van der Waals surface area contributed by atoms with E-state index in [0.29, 0.717) is 0 Å². The van der Waals surface area contributed by atoms with E-state index in [0.717, 1.165) is 5.56 Å². The highest BCUT2D eigenvalue weighted by Gasteiger charge is 2.16. The summed E-state index contributed by atoms with van der Waals surface area (Å²) in [6, 6.07) is 9.37. The molecule has 0 saturated carbocycles. The lowest BCUT2D eigenvalue weighted by Crippen LogP contribution is -2.47. The highest BCUT2D eigenvalue weighted by molar-refractivity contribution is 5.79. The van der Waals surface area contributed by atoms with Crippen molar-refractivity contribution in [1.82, 2.24) is 10.7 Å². The molecule has 0 spiro atoms. The minimum atomic E-state index is -1.30. The number of amides is 1. The quantitative estimate of drug-likeness (QED) is 0.236. The number of hydrogen-bond donors (Lipinski definition) is 4. The third-order valence-electron chi connectivity index (χ3n) is 2.10. The van der Waals surface area contributed by atoms with E-state index in [1.54, 1.807) is 0 Å². The molecule has 1 aromatic rings. The Morgan fingerprint density at radius 1 is 1.40 bits per heavy atom. The summed E-state index contributed by atoms with van der Waals surface area (Å²) in [7, 11) is 0. The van der Waals surface area contributed by atoms with Crippen LogP contribution in [0.3, 0.4) is 0 Å². The first-order valence-corrected chi connectivity index (χ1v) is 4.64. The summed E-state index contributed by atoms with van der Waals surface area (Å²) in [4.78, 5) is 10.9. The summed E-state index contributed by atoms with van der Waals surface area (Å²) in [6.07, 6.45) is -1.30. The van der Waals surface area contributed by atoms with E-state index in [4.69, 9.17) is 5.84 Å². The number of nitrogens with two attached hydrogens (primary N) is 1. The Morgan fingerprint density at radius 2 is 2.00 bits per heavy atom. The molecule has 1 amide bonds. The molecule has 0 heterocycles. The van der Waals surface area contributed by atoms with Crippen LogP contribution in [-0.4, -0.2) is 17.2 Å². The Kier molecular flexibility index (Phi) is 4.23. The molecule has 0 aliphatic rings. The first kappa shape index (κ1) is 11.6. The van der Waals surface area contributed by atoms with Gasteiger partial charge in [-0.15, -0.1) is 0 Å². The lowest BCUT2D eigenvalue weighted by molar-refractivity contribution is -0.131. The summed E-state index contributed by atoms with van der Waals surface area (Å²) >= 11 is 0. The van der Waals surface area contributed by atoms with E-state index < -0.39 is 12.1 Å². The zero-order valence-corrected chi connectivity index (χ0v) is 8.47. The molecule has 0 bridgehead atoms. The Balaban J connectivity index is 2.56. The van der Waals surface area contributed by atoms with Gasteiger partial charge in [-0.1, -0.05) is 30.3 Å². The fourth-order valence-corrected chi connectivity index (χ4v) is 1.23. The van der Waals surface area contributed by atoms with Crippen LogP contribution in [0.1, 0.15) is 18.5 Å². The zero-order valence-electron chi connectivity index (χ0n) is 8.47. The number of aliphatic hydroxyl groups is 1. The van der Waals surface area contributed by atoms with E-state index in [1.807, 2.05) is 42.7 Å². The van der Waals surface area contributed by atoms with Gasteiger partial charge in [-0.05, 0) is 12.5 Å². The Hall–Kier alpha value is -1.43. The van der Waals surface area contributed by atoms with Crippen molar-refractivity contribution in [2.75, 3.05) is 0 Å². The number of hydrazine groups is 1. The van der Waals surface area contributed by atoms with Crippen LogP contribution in [0.15, 0.2) is 30.3 Å². The maximum Gasteiger partial charge on any atom is 0.277 e. The van der Waals surface area contributed by atoms with E-state index in [2.05, 4.69) is 5.32 Å². The van der Waals surface area contributed by atoms with Crippen molar-refractivity contribution in [2.45, 2.75) is 19.2 Å². The average molecular weight is 209 g/mol. The van der Waals surface area contributed by atoms with Crippen molar-refractivity contribution in [1.29, 1.82) is 0 Å². The third kappa shape index (κ3) is 3.32. The maximum atomic E-state index is 10.9. The SMILES string of the molecule is CC(NC(O)C(=O)NN)c1ccccc1. The molecule has 1 aromatic carbocycles. The van der Waals surface area contributed by atoms with E-state index >= 15 is 0 Å². The smallest absolute Gasteiger partial charge is 0.277 e. The molecule has 0 aliphatic heterocycles. The predicted molar refractivity (Wildman–Crippen MR) is 56.3 cm³/mol. The van der Waals surface area contributed by atoms with Gasteiger partial charge in [0.25, 0.3) is 5.91 Å². The molecular formula is C10H15N3O2. The fourth-order valence-electron chi connectivity index (χ4n) is 1.23. The standard InChI is InChI=1S/C10H15N3O2/c1-7(8-5-3-2-4-6-8)12-9(14)10(15)13-11/h2-7,9,12,14H,11H2,1H3,(H,13,15). The minimum Gasteiger partial charge on any atom is -0.370 e. The van der Waals surface area contributed by atoms with Crippen LogP contribution in [0.2, 0.25) is 0 Å². The van der Waals surface area contributed by atoms with Gasteiger partial charge in [-0.2, -0.15) is 0 Å². The van der Waals surface area contributed by atoms with Crippen LogP contribution in [0.5, 0.6) is 0 Å². The Morgan fingerprint density at radius 3 is 2.53 bits per heavy atom. The summed E-state index contributed by atoms with van der Waals surface area (Å²) < 4.78 is 0. The molecule has 5 N–H and O–H groups in total. The van der Waals surface area contributed by atoms with Gasteiger partial charge in [0.1, 0.15) is 0 Å². The lowest BCUT2D eigenvalue weighted by atomic mass is 10.1. The van der Waals surface area contributed by atoms with Crippen LogP contribution in [0.25, 0.3) is 0 Å². The molecule has 2 unspecified atom stereocenters. The maximum absolute atomic E-state index is 10.9. The predicted octanol–water partition coefficient (Wildman–Crippen LogP) is -0.354. The minimum absolute atomic E-state index is 0.126. The summed E-state index contributed by atoms with van der Waals surface area (Å²) in [5.74, 6) is 4.23. The number of hydrogen-bond acceptors (Lipinski definition) is 4. The second kappa shape index (κ2) is 5.45. The van der Waals surface area contributed by atoms with E-state index in [-0.39, 0.29) is 6.04 Å². The summed E-state index contributed by atoms with van der Waals surface area (Å²) in [5.41, 5.74) is 2.86. The number of aliphatic hydroxyl groups excluding tert-OH is 1. The molecule has 0 aromatic heterocycles. The fraction of sp³-hybridized carbons (Fsp3) is 0.300. The molecule has 0 saturated heterocycles. The van der Waals surface area contributed by atoms with Crippen molar-refractivity contribution < 1.29 is 9.90 Å². The number of rotatable bonds is 4. The van der Waals surface area contributed by atoms with E-state index in [1.165, 1.54) is 0 Å². The Bertz CT molecular complexity index is 316. The first-order valence-electron chi connectivity index (χ1n) is 4.64. The second-order valence-electron chi connectivity index (χ2n) is 3.21. The summed E-state index contributed by atoms with van der Waals surface area (Å²) in [5, 5.41) is 12.1. The normalized spacial score (nSPS) is 14.3. The van der Waals surface area contributed by atoms with Gasteiger partial charge in [0, 0.05) is 6.04 Å². The van der Waals surface area contributed by atoms with Crippen molar-refractivity contribution >= 4 is 5.91 Å². The summed E-state index contributed by atoms with van der Waals surface area (Å²) in [6.45, 7) is 1.85. The molecule has 0 aliphatic carbocycles. The van der Waals surface area contributed by atoms with Gasteiger partial charge in [0.05, 0.1) is 0 Å². The topological polar surface area (TPSA) is 87.4 Å². The van der Waals surface area contributed by atoms with Gasteiger partial charge in [0.15, 0.2) is 6.23 Å². The van der Waals surface area contributed by atoms with Gasteiger partial charge >= 0.3 is 0 Å². The molecule has 5 heteroatoms. The molecule has 2 atom stereocenters. The van der Waals surface area contributed by atoms with E-state index in [9.17, 15) is 9.90 Å². The van der Waals surface area contributed by atoms with Gasteiger partial charge < -0.3 is 5.11 Å². The monoisotopic (exact) mass is 209 g/mol. The van der Waals surface area contributed by atoms with Crippen molar-refractivity contribution in [2.24, 2.45) is 5.84 Å². The van der Waals surface area contributed by atoms with Gasteiger partial charge in [0.2, 0.25) is 0 Å². The lowest BCUT2D eigenvalue weighted by Gasteiger charge is -2.17. The molecular weight excluding hydrogens is 194 g/mol. The average Bonchev–Trinajstić information content (AvgIpc) is 2.29. The zero-order chi connectivity index (χ0) is 11.3. The number of nitrogens with one attached hydrogen (secondary N) is 2. The molecule has 5 nitrogen and oxygen atoms in total. The van der Waals surface area contributed by atoms with Crippen molar-refractivity contribution in [3.8, 4) is 0 Å². The van der Waals surface area contributed by atoms with Crippen LogP contribution < -0.4 is 16.6 Å². The van der Waals surface area contributed by atoms with Crippen LogP contribution >= 0.6 is 0 Å². The van der Waals surface area contributed by atoms with Gasteiger partial charge in [-0.3, -0.25) is 15.5 Å². The molecule has 82 valence electrons. The first-order chi connectivity index (χ1) is 7.15. The van der Waals surface area contributed by atoms with Crippen LogP contribution in [0.4, 0.5) is 0 Å². The van der Waals surface area contributed by atoms with Crippen molar-refractivity contribution in [3.63, 3.8) is 0 Å². The third-order valence-corrected chi connectivity index (χ3v) is 2.10.